The molecule has 0 aromatic carbocycles. The van der Waals surface area contributed by atoms with Crippen LogP contribution in [0.2, 0.25) is 0 Å². The summed E-state index contributed by atoms with van der Waals surface area (Å²) in [5.41, 5.74) is -0.611. The highest BCUT2D eigenvalue weighted by atomic mass is 19.4. The third-order valence-corrected chi connectivity index (χ3v) is 3.07. The first-order valence-electron chi connectivity index (χ1n) is 6.10. The van der Waals surface area contributed by atoms with E-state index in [1.807, 2.05) is 0 Å². The fourth-order valence-electron chi connectivity index (χ4n) is 2.05. The van der Waals surface area contributed by atoms with Crippen molar-refractivity contribution in [2.75, 3.05) is 0 Å². The molecule has 0 unspecified atom stereocenters. The van der Waals surface area contributed by atoms with E-state index in [4.69, 9.17) is 0 Å². The molecule has 5 nitrogen and oxygen atoms in total. The molecule has 0 saturated heterocycles. The first-order chi connectivity index (χ1) is 9.34. The molecule has 0 radical (unpaired) electrons. The van der Waals surface area contributed by atoms with Crippen molar-refractivity contribution in [3.63, 3.8) is 0 Å². The molecule has 1 N–H and O–H groups in total. The maximum absolute atomic E-state index is 12.7. The molecule has 0 amide bonds. The van der Waals surface area contributed by atoms with Gasteiger partial charge in [0.05, 0.1) is 11.4 Å². The Kier molecular flexibility index (Phi) is 2.70. The lowest BCUT2D eigenvalue weighted by molar-refractivity contribution is -0.141. The zero-order chi connectivity index (χ0) is 14.5. The van der Waals surface area contributed by atoms with E-state index in [1.165, 1.54) is 4.68 Å². The van der Waals surface area contributed by atoms with Gasteiger partial charge in [0.15, 0.2) is 5.69 Å². The lowest BCUT2D eigenvalue weighted by Crippen LogP contribution is -2.20. The normalized spacial score (nSPS) is 15.6. The molecule has 20 heavy (non-hydrogen) atoms. The van der Waals surface area contributed by atoms with Crippen LogP contribution in [-0.2, 0) is 6.18 Å². The van der Waals surface area contributed by atoms with Gasteiger partial charge in [-0.25, -0.2) is 9.67 Å². The van der Waals surface area contributed by atoms with Crippen LogP contribution in [0.1, 0.15) is 35.8 Å². The first kappa shape index (κ1) is 12.9. The molecule has 106 valence electrons. The molecule has 0 atom stereocenters. The first-order valence-corrected chi connectivity index (χ1v) is 6.10. The smallest absolute Gasteiger partial charge is 0.291 e. The molecule has 2 aromatic heterocycles. The van der Waals surface area contributed by atoms with Gasteiger partial charge in [-0.3, -0.25) is 9.78 Å². The van der Waals surface area contributed by atoms with Gasteiger partial charge in [0.2, 0.25) is 5.95 Å². The van der Waals surface area contributed by atoms with Gasteiger partial charge in [0, 0.05) is 12.0 Å². The zero-order valence-corrected chi connectivity index (χ0v) is 10.5. The van der Waals surface area contributed by atoms with E-state index in [9.17, 15) is 18.0 Å². The molecular weight excluding hydrogens is 273 g/mol. The average Bonchev–Trinajstić information content (AvgIpc) is 3.10. The van der Waals surface area contributed by atoms with Gasteiger partial charge >= 0.3 is 6.18 Å². The van der Waals surface area contributed by atoms with E-state index < -0.39 is 17.4 Å². The number of alkyl halides is 3. The summed E-state index contributed by atoms with van der Waals surface area (Å²) in [5.74, 6) is 0.0795. The molecule has 3 rings (SSSR count). The van der Waals surface area contributed by atoms with Gasteiger partial charge in [-0.05, 0) is 25.8 Å². The average molecular weight is 284 g/mol. The van der Waals surface area contributed by atoms with Crippen molar-refractivity contribution in [1.29, 1.82) is 0 Å². The number of halogens is 3. The molecule has 0 spiro atoms. The van der Waals surface area contributed by atoms with Crippen molar-refractivity contribution in [2.45, 2.75) is 31.9 Å². The number of hydrogen-bond acceptors (Lipinski definition) is 3. The fraction of sp³-hybridized carbons (Fsp3) is 0.417. The monoisotopic (exact) mass is 284 g/mol. The standard InChI is InChI=1S/C12H11F3N4O/c1-6-4-8(7-2-3-7)19(18-6)11-16-9(12(13,14)15)5-10(20)17-11/h4-5,7H,2-3H2,1H3,(H,16,17,20). The summed E-state index contributed by atoms with van der Waals surface area (Å²) in [6.45, 7) is 1.74. The van der Waals surface area contributed by atoms with Crippen LogP contribution in [0.3, 0.4) is 0 Å². The summed E-state index contributed by atoms with van der Waals surface area (Å²) in [5, 5.41) is 4.12. The van der Waals surface area contributed by atoms with E-state index in [0.29, 0.717) is 11.8 Å². The van der Waals surface area contributed by atoms with Crippen LogP contribution < -0.4 is 5.56 Å². The van der Waals surface area contributed by atoms with Crippen molar-refractivity contribution in [1.82, 2.24) is 19.7 Å². The van der Waals surface area contributed by atoms with Crippen LogP contribution in [0.4, 0.5) is 13.2 Å². The van der Waals surface area contributed by atoms with Crippen LogP contribution in [0, 0.1) is 6.92 Å². The Morgan fingerprint density at radius 3 is 2.65 bits per heavy atom. The maximum Gasteiger partial charge on any atom is 0.433 e. The number of nitrogens with one attached hydrogen (secondary N) is 1. The zero-order valence-electron chi connectivity index (χ0n) is 10.5. The summed E-state index contributed by atoms with van der Waals surface area (Å²) < 4.78 is 39.4. The molecule has 2 heterocycles. The van der Waals surface area contributed by atoms with E-state index in [0.717, 1.165) is 18.5 Å². The van der Waals surface area contributed by atoms with Crippen LogP contribution in [0.15, 0.2) is 16.9 Å². The van der Waals surface area contributed by atoms with Crippen LogP contribution in [0.5, 0.6) is 0 Å². The molecule has 1 saturated carbocycles. The second-order valence-corrected chi connectivity index (χ2v) is 4.85. The van der Waals surface area contributed by atoms with Gasteiger partial charge in [0.25, 0.3) is 5.56 Å². The predicted molar refractivity (Wildman–Crippen MR) is 63.7 cm³/mol. The molecule has 8 heteroatoms. The van der Waals surface area contributed by atoms with Crippen LogP contribution >= 0.6 is 0 Å². The predicted octanol–water partition coefficient (Wildman–Crippen LogP) is 2.16. The Bertz CT molecular complexity index is 712. The fourth-order valence-corrected chi connectivity index (χ4v) is 2.05. The number of H-pyrrole nitrogens is 1. The highest BCUT2D eigenvalue weighted by Gasteiger charge is 2.34. The number of aromatic amines is 1. The second-order valence-electron chi connectivity index (χ2n) is 4.85. The van der Waals surface area contributed by atoms with Crippen molar-refractivity contribution in [2.24, 2.45) is 0 Å². The van der Waals surface area contributed by atoms with Gasteiger partial charge in [-0.1, -0.05) is 0 Å². The van der Waals surface area contributed by atoms with Crippen LogP contribution in [0.25, 0.3) is 5.95 Å². The van der Waals surface area contributed by atoms with Gasteiger partial charge in [-0.2, -0.15) is 18.3 Å². The highest BCUT2D eigenvalue weighted by Crippen LogP contribution is 2.40. The van der Waals surface area contributed by atoms with E-state index in [1.54, 1.807) is 13.0 Å². The highest BCUT2D eigenvalue weighted by molar-refractivity contribution is 5.26. The third kappa shape index (κ3) is 2.33. The van der Waals surface area contributed by atoms with Gasteiger partial charge in [-0.15, -0.1) is 0 Å². The third-order valence-electron chi connectivity index (χ3n) is 3.07. The topological polar surface area (TPSA) is 63.6 Å². The van der Waals surface area contributed by atoms with Crippen molar-refractivity contribution >= 4 is 0 Å². The number of hydrogen-bond donors (Lipinski definition) is 1. The lowest BCUT2D eigenvalue weighted by Gasteiger charge is -2.09. The largest absolute Gasteiger partial charge is 0.433 e. The molecule has 0 bridgehead atoms. The summed E-state index contributed by atoms with van der Waals surface area (Å²) in [7, 11) is 0. The summed E-state index contributed by atoms with van der Waals surface area (Å²) in [6.07, 6.45) is -2.73. The quantitative estimate of drug-likeness (QED) is 0.919. The second kappa shape index (κ2) is 4.19. The van der Waals surface area contributed by atoms with E-state index >= 15 is 0 Å². The molecule has 1 aliphatic rings. The van der Waals surface area contributed by atoms with Crippen molar-refractivity contribution in [3.8, 4) is 5.95 Å². The number of aryl methyl sites for hydroxylation is 1. The SMILES string of the molecule is Cc1cc(C2CC2)n(-c2nc(C(F)(F)F)cc(=O)[nH]2)n1. The molecule has 1 aliphatic carbocycles. The number of aromatic nitrogens is 4. The molecule has 1 fully saturated rings. The summed E-state index contributed by atoms with van der Waals surface area (Å²) >= 11 is 0. The molecule has 2 aromatic rings. The lowest BCUT2D eigenvalue weighted by atomic mass is 10.3. The van der Waals surface area contributed by atoms with Crippen molar-refractivity contribution < 1.29 is 13.2 Å². The minimum Gasteiger partial charge on any atom is -0.291 e. The Hall–Kier alpha value is -2.12. The summed E-state index contributed by atoms with van der Waals surface area (Å²) in [6, 6.07) is 2.24. The minimum absolute atomic E-state index is 0.195. The van der Waals surface area contributed by atoms with Gasteiger partial charge in [0.1, 0.15) is 0 Å². The number of nitrogens with zero attached hydrogens (tertiary/aromatic N) is 3. The van der Waals surface area contributed by atoms with Gasteiger partial charge < -0.3 is 0 Å². The Morgan fingerprint density at radius 2 is 2.05 bits per heavy atom. The van der Waals surface area contributed by atoms with Crippen molar-refractivity contribution in [3.05, 3.63) is 39.6 Å². The Morgan fingerprint density at radius 1 is 1.35 bits per heavy atom. The summed E-state index contributed by atoms with van der Waals surface area (Å²) in [4.78, 5) is 17.2. The molecular formula is C12H11F3N4O. The Balaban J connectivity index is 2.15. The molecule has 0 aliphatic heterocycles. The van der Waals surface area contributed by atoms with E-state index in [-0.39, 0.29) is 11.9 Å². The maximum atomic E-state index is 12.7. The van der Waals surface area contributed by atoms with Crippen LogP contribution in [-0.4, -0.2) is 19.7 Å². The number of rotatable bonds is 2. The Labute approximate surface area is 111 Å². The van der Waals surface area contributed by atoms with E-state index in [2.05, 4.69) is 15.1 Å². The minimum atomic E-state index is -4.66.